The first-order chi connectivity index (χ1) is 8.29. The number of aromatic nitrogens is 2. The van der Waals surface area contributed by atoms with E-state index in [9.17, 15) is 0 Å². The van der Waals surface area contributed by atoms with Crippen LogP contribution in [-0.2, 0) is 0 Å². The Morgan fingerprint density at radius 2 is 2.41 bits per heavy atom. The van der Waals surface area contributed by atoms with Crippen molar-refractivity contribution in [3.8, 4) is 0 Å². The number of piperidine rings is 1. The third-order valence-electron chi connectivity index (χ3n) is 3.16. The molecule has 2 rings (SSSR count). The third-order valence-corrected chi connectivity index (χ3v) is 3.80. The second-order valence-corrected chi connectivity index (χ2v) is 5.34. The average molecular weight is 252 g/mol. The molecular formula is C12H20N4S. The van der Waals surface area contributed by atoms with E-state index in [1.54, 1.807) is 18.1 Å². The van der Waals surface area contributed by atoms with Crippen LogP contribution in [0.15, 0.2) is 17.4 Å². The van der Waals surface area contributed by atoms with Gasteiger partial charge in [0.05, 0.1) is 0 Å². The van der Waals surface area contributed by atoms with Crippen LogP contribution in [0.4, 0.5) is 5.82 Å². The normalized spacial score (nSPS) is 20.2. The van der Waals surface area contributed by atoms with Crippen LogP contribution in [0.5, 0.6) is 0 Å². The van der Waals surface area contributed by atoms with E-state index in [-0.39, 0.29) is 0 Å². The highest BCUT2D eigenvalue weighted by molar-refractivity contribution is 7.98. The lowest BCUT2D eigenvalue weighted by Gasteiger charge is -2.28. The largest absolute Gasteiger partial charge is 0.359 e. The van der Waals surface area contributed by atoms with Gasteiger partial charge in [0.2, 0.25) is 0 Å². The fourth-order valence-corrected chi connectivity index (χ4v) is 2.59. The van der Waals surface area contributed by atoms with Crippen molar-refractivity contribution in [1.82, 2.24) is 15.3 Å². The van der Waals surface area contributed by atoms with Gasteiger partial charge in [0.15, 0.2) is 0 Å². The molecule has 1 saturated heterocycles. The zero-order valence-electron chi connectivity index (χ0n) is 10.5. The van der Waals surface area contributed by atoms with Crippen molar-refractivity contribution in [2.75, 3.05) is 37.8 Å². The van der Waals surface area contributed by atoms with Crippen LogP contribution >= 0.6 is 11.8 Å². The Morgan fingerprint density at radius 3 is 3.12 bits per heavy atom. The highest BCUT2D eigenvalue weighted by Gasteiger charge is 2.15. The monoisotopic (exact) mass is 252 g/mol. The molecule has 1 aliphatic rings. The predicted octanol–water partition coefficient (Wildman–Crippen LogP) is 1.63. The molecule has 0 spiro atoms. The number of hydrogen-bond acceptors (Lipinski definition) is 5. The molecule has 0 amide bonds. The number of anilines is 1. The summed E-state index contributed by atoms with van der Waals surface area (Å²) in [6.45, 7) is 3.37. The predicted molar refractivity (Wildman–Crippen MR) is 72.7 cm³/mol. The van der Waals surface area contributed by atoms with Gasteiger partial charge in [-0.1, -0.05) is 0 Å². The molecule has 1 N–H and O–H groups in total. The maximum atomic E-state index is 4.33. The Balaban J connectivity index is 1.95. The highest BCUT2D eigenvalue weighted by atomic mass is 32.2. The second kappa shape index (κ2) is 6.21. The van der Waals surface area contributed by atoms with Gasteiger partial charge in [-0.2, -0.15) is 0 Å². The van der Waals surface area contributed by atoms with E-state index in [1.165, 1.54) is 19.4 Å². The van der Waals surface area contributed by atoms with Gasteiger partial charge in [-0.25, -0.2) is 9.97 Å². The molecule has 0 aliphatic carbocycles. The van der Waals surface area contributed by atoms with Crippen molar-refractivity contribution < 1.29 is 0 Å². The molecule has 1 unspecified atom stereocenters. The number of thioether (sulfide) groups is 1. The lowest BCUT2D eigenvalue weighted by molar-refractivity contribution is 0.380. The summed E-state index contributed by atoms with van der Waals surface area (Å²) in [4.78, 5) is 10.8. The van der Waals surface area contributed by atoms with Gasteiger partial charge in [0, 0.05) is 19.7 Å². The molecule has 1 atom stereocenters. The van der Waals surface area contributed by atoms with Crippen LogP contribution in [0.25, 0.3) is 0 Å². The SMILES string of the molecule is CSc1cc(N(C)CC2CCCNC2)ncn1. The second-order valence-electron chi connectivity index (χ2n) is 4.51. The summed E-state index contributed by atoms with van der Waals surface area (Å²) in [6, 6.07) is 2.06. The summed E-state index contributed by atoms with van der Waals surface area (Å²) in [5, 5.41) is 4.48. The highest BCUT2D eigenvalue weighted by Crippen LogP contribution is 2.18. The van der Waals surface area contributed by atoms with E-state index in [4.69, 9.17) is 0 Å². The molecule has 5 heteroatoms. The van der Waals surface area contributed by atoms with E-state index < -0.39 is 0 Å². The van der Waals surface area contributed by atoms with Crippen LogP contribution < -0.4 is 10.2 Å². The van der Waals surface area contributed by atoms with E-state index in [0.717, 1.165) is 29.9 Å². The number of hydrogen-bond donors (Lipinski definition) is 1. The molecule has 1 aliphatic heterocycles. The van der Waals surface area contributed by atoms with Crippen LogP contribution in [0.1, 0.15) is 12.8 Å². The summed E-state index contributed by atoms with van der Waals surface area (Å²) in [5.74, 6) is 1.76. The summed E-state index contributed by atoms with van der Waals surface area (Å²) >= 11 is 1.66. The first-order valence-electron chi connectivity index (χ1n) is 6.07. The van der Waals surface area contributed by atoms with Crippen molar-refractivity contribution in [2.45, 2.75) is 17.9 Å². The van der Waals surface area contributed by atoms with Crippen molar-refractivity contribution in [2.24, 2.45) is 5.92 Å². The average Bonchev–Trinajstić information content (AvgIpc) is 2.40. The minimum absolute atomic E-state index is 0.737. The van der Waals surface area contributed by atoms with Crippen LogP contribution in [0, 0.1) is 5.92 Å². The van der Waals surface area contributed by atoms with Crippen molar-refractivity contribution in [3.63, 3.8) is 0 Å². The molecular weight excluding hydrogens is 232 g/mol. The van der Waals surface area contributed by atoms with Gasteiger partial charge in [0.1, 0.15) is 17.2 Å². The van der Waals surface area contributed by atoms with Crippen LogP contribution in [-0.4, -0.2) is 42.9 Å². The van der Waals surface area contributed by atoms with Gasteiger partial charge < -0.3 is 10.2 Å². The minimum atomic E-state index is 0.737. The van der Waals surface area contributed by atoms with Gasteiger partial charge in [-0.05, 0) is 38.1 Å². The molecule has 1 aromatic heterocycles. The van der Waals surface area contributed by atoms with Crippen molar-refractivity contribution in [3.05, 3.63) is 12.4 Å². The fourth-order valence-electron chi connectivity index (χ4n) is 2.21. The lowest BCUT2D eigenvalue weighted by atomic mass is 9.99. The lowest BCUT2D eigenvalue weighted by Crippen LogP contribution is -2.37. The summed E-state index contributed by atoms with van der Waals surface area (Å²) in [7, 11) is 2.11. The minimum Gasteiger partial charge on any atom is -0.359 e. The fraction of sp³-hybridized carbons (Fsp3) is 0.667. The van der Waals surface area contributed by atoms with E-state index >= 15 is 0 Å². The maximum absolute atomic E-state index is 4.33. The van der Waals surface area contributed by atoms with Gasteiger partial charge in [-0.3, -0.25) is 0 Å². The molecule has 94 valence electrons. The molecule has 17 heavy (non-hydrogen) atoms. The summed E-state index contributed by atoms with van der Waals surface area (Å²) in [6.07, 6.45) is 6.30. The molecule has 1 aromatic rings. The zero-order valence-corrected chi connectivity index (χ0v) is 11.3. The molecule has 0 saturated carbocycles. The zero-order chi connectivity index (χ0) is 12.1. The van der Waals surface area contributed by atoms with Crippen molar-refractivity contribution in [1.29, 1.82) is 0 Å². The number of rotatable bonds is 4. The van der Waals surface area contributed by atoms with Crippen LogP contribution in [0.2, 0.25) is 0 Å². The Bertz CT molecular complexity index is 352. The first kappa shape index (κ1) is 12.6. The molecule has 0 radical (unpaired) electrons. The summed E-state index contributed by atoms with van der Waals surface area (Å²) in [5.41, 5.74) is 0. The number of nitrogens with one attached hydrogen (secondary N) is 1. The topological polar surface area (TPSA) is 41.0 Å². The van der Waals surface area contributed by atoms with E-state index in [2.05, 4.69) is 33.3 Å². The van der Waals surface area contributed by atoms with Crippen molar-refractivity contribution >= 4 is 17.6 Å². The Hall–Kier alpha value is -0.810. The Labute approximate surface area is 107 Å². The smallest absolute Gasteiger partial charge is 0.132 e. The molecule has 4 nitrogen and oxygen atoms in total. The van der Waals surface area contributed by atoms with E-state index in [1.807, 2.05) is 6.26 Å². The quantitative estimate of drug-likeness (QED) is 0.651. The van der Waals surface area contributed by atoms with Gasteiger partial charge >= 0.3 is 0 Å². The molecule has 1 fully saturated rings. The van der Waals surface area contributed by atoms with Gasteiger partial charge in [-0.15, -0.1) is 11.8 Å². The first-order valence-corrected chi connectivity index (χ1v) is 7.30. The van der Waals surface area contributed by atoms with Crippen LogP contribution in [0.3, 0.4) is 0 Å². The maximum Gasteiger partial charge on any atom is 0.132 e. The molecule has 0 bridgehead atoms. The Kier molecular flexibility index (Phi) is 4.62. The van der Waals surface area contributed by atoms with E-state index in [0.29, 0.717) is 0 Å². The molecule has 2 heterocycles. The standard InChI is InChI=1S/C12H20N4S/c1-16(8-10-4-3-5-13-7-10)11-6-12(17-2)15-9-14-11/h6,9-10,13H,3-5,7-8H2,1-2H3. The van der Waals surface area contributed by atoms with Gasteiger partial charge in [0.25, 0.3) is 0 Å². The Morgan fingerprint density at radius 1 is 1.53 bits per heavy atom. The number of nitrogens with zero attached hydrogens (tertiary/aromatic N) is 3. The third kappa shape index (κ3) is 3.57. The molecule has 0 aromatic carbocycles. The summed E-state index contributed by atoms with van der Waals surface area (Å²) < 4.78 is 0.